The van der Waals surface area contributed by atoms with Crippen molar-refractivity contribution in [3.05, 3.63) is 82.3 Å². The van der Waals surface area contributed by atoms with Crippen LogP contribution in [0.2, 0.25) is 0 Å². The minimum absolute atomic E-state index is 0.0450. The van der Waals surface area contributed by atoms with E-state index in [0.717, 1.165) is 4.90 Å². The number of esters is 1. The lowest BCUT2D eigenvalue weighted by molar-refractivity contribution is 0.0733. The summed E-state index contributed by atoms with van der Waals surface area (Å²) in [7, 11) is 4.44. The molecule has 162 valence electrons. The van der Waals surface area contributed by atoms with Crippen molar-refractivity contribution in [1.82, 2.24) is 0 Å². The highest BCUT2D eigenvalue weighted by atomic mass is 32.2. The van der Waals surface area contributed by atoms with Crippen LogP contribution in [0, 0.1) is 0 Å². The summed E-state index contributed by atoms with van der Waals surface area (Å²) in [6, 6.07) is 17.6. The van der Waals surface area contributed by atoms with E-state index in [2.05, 4.69) is 0 Å². The molecule has 0 saturated carbocycles. The van der Waals surface area contributed by atoms with Gasteiger partial charge in [-0.15, -0.1) is 0 Å². The van der Waals surface area contributed by atoms with Crippen LogP contribution in [-0.4, -0.2) is 33.1 Å². The van der Waals surface area contributed by atoms with Gasteiger partial charge in [0.1, 0.15) is 5.75 Å². The normalized spacial score (nSPS) is 13.6. The number of hydrogen-bond donors (Lipinski definition) is 0. The summed E-state index contributed by atoms with van der Waals surface area (Å²) in [6.45, 7) is 0. The molecule has 7 heteroatoms. The number of hydrogen-bond acceptors (Lipinski definition) is 7. The van der Waals surface area contributed by atoms with Crippen LogP contribution >= 0.6 is 11.8 Å². The van der Waals surface area contributed by atoms with E-state index in [4.69, 9.17) is 18.9 Å². The van der Waals surface area contributed by atoms with Gasteiger partial charge in [0.05, 0.1) is 31.8 Å². The van der Waals surface area contributed by atoms with E-state index in [1.165, 1.54) is 45.2 Å². The van der Waals surface area contributed by atoms with Crippen molar-refractivity contribution in [2.75, 3.05) is 21.3 Å². The van der Waals surface area contributed by atoms with E-state index in [1.807, 2.05) is 30.3 Å². The lowest BCUT2D eigenvalue weighted by Gasteiger charge is -2.14. The van der Waals surface area contributed by atoms with Crippen molar-refractivity contribution in [2.45, 2.75) is 4.90 Å². The maximum absolute atomic E-state index is 12.9. The molecular formula is C25H20O6S. The minimum Gasteiger partial charge on any atom is -0.493 e. The lowest BCUT2D eigenvalue weighted by Crippen LogP contribution is -2.10. The average molecular weight is 448 g/mol. The monoisotopic (exact) mass is 448 g/mol. The second kappa shape index (κ2) is 9.20. The van der Waals surface area contributed by atoms with E-state index in [1.54, 1.807) is 24.3 Å². The van der Waals surface area contributed by atoms with Gasteiger partial charge in [-0.3, -0.25) is 4.79 Å². The van der Waals surface area contributed by atoms with Gasteiger partial charge in [-0.1, -0.05) is 42.1 Å². The molecule has 1 heterocycles. The van der Waals surface area contributed by atoms with Crippen LogP contribution < -0.4 is 18.9 Å². The minimum atomic E-state index is -0.594. The van der Waals surface area contributed by atoms with Gasteiger partial charge < -0.3 is 18.9 Å². The molecule has 0 aliphatic carbocycles. The molecule has 0 saturated heterocycles. The largest absolute Gasteiger partial charge is 0.493 e. The smallest absolute Gasteiger partial charge is 0.343 e. The summed E-state index contributed by atoms with van der Waals surface area (Å²) >= 11 is 1.40. The van der Waals surface area contributed by atoms with Crippen molar-refractivity contribution < 1.29 is 28.5 Å². The third-order valence-electron chi connectivity index (χ3n) is 4.88. The molecule has 0 spiro atoms. The summed E-state index contributed by atoms with van der Waals surface area (Å²) in [5, 5.41) is 0. The SMILES string of the molecule is COc1cc(C(=O)Oc2ccccc2/C=C2/Sc3ccccc3C2=O)cc(OC)c1OC. The third kappa shape index (κ3) is 4.07. The Bertz CT molecular complexity index is 1210. The summed E-state index contributed by atoms with van der Waals surface area (Å²) in [6.07, 6.45) is 1.74. The number of ketones is 1. The Kier molecular flexibility index (Phi) is 6.18. The molecule has 0 fully saturated rings. The molecule has 32 heavy (non-hydrogen) atoms. The maximum Gasteiger partial charge on any atom is 0.343 e. The number of allylic oxidation sites excluding steroid dienone is 1. The van der Waals surface area contributed by atoms with E-state index in [9.17, 15) is 9.59 Å². The Morgan fingerprint density at radius 2 is 1.50 bits per heavy atom. The zero-order valence-corrected chi connectivity index (χ0v) is 18.5. The lowest BCUT2D eigenvalue weighted by atomic mass is 10.1. The molecule has 1 aliphatic heterocycles. The number of thioether (sulfide) groups is 1. The molecule has 0 radical (unpaired) electrons. The average Bonchev–Trinajstić information content (AvgIpc) is 3.14. The second-order valence-corrected chi connectivity index (χ2v) is 7.86. The van der Waals surface area contributed by atoms with Crippen LogP contribution in [0.3, 0.4) is 0 Å². The van der Waals surface area contributed by atoms with E-state index in [-0.39, 0.29) is 11.3 Å². The molecule has 0 aromatic heterocycles. The first-order chi connectivity index (χ1) is 15.5. The van der Waals surface area contributed by atoms with Crippen LogP contribution in [-0.2, 0) is 0 Å². The van der Waals surface area contributed by atoms with Crippen LogP contribution in [0.15, 0.2) is 70.5 Å². The number of para-hydroxylation sites is 1. The van der Waals surface area contributed by atoms with Crippen molar-refractivity contribution >= 4 is 29.6 Å². The summed E-state index contributed by atoms with van der Waals surface area (Å²) < 4.78 is 21.6. The number of fused-ring (bicyclic) bond motifs is 1. The number of carbonyl (C=O) groups excluding carboxylic acids is 2. The van der Waals surface area contributed by atoms with Crippen molar-refractivity contribution in [2.24, 2.45) is 0 Å². The number of methoxy groups -OCH3 is 3. The van der Waals surface area contributed by atoms with Crippen LogP contribution in [0.5, 0.6) is 23.0 Å². The molecule has 0 bridgehead atoms. The van der Waals surface area contributed by atoms with Crippen molar-refractivity contribution in [3.8, 4) is 23.0 Å². The molecule has 3 aromatic carbocycles. The van der Waals surface area contributed by atoms with Gasteiger partial charge in [0.2, 0.25) is 11.5 Å². The fourth-order valence-electron chi connectivity index (χ4n) is 3.33. The zero-order chi connectivity index (χ0) is 22.7. The molecule has 0 unspecified atom stereocenters. The first kappa shape index (κ1) is 21.5. The molecule has 0 atom stereocenters. The Labute approximate surface area is 189 Å². The van der Waals surface area contributed by atoms with Gasteiger partial charge in [-0.25, -0.2) is 4.79 Å². The van der Waals surface area contributed by atoms with E-state index < -0.39 is 5.97 Å². The predicted molar refractivity (Wildman–Crippen MR) is 122 cm³/mol. The first-order valence-corrected chi connectivity index (χ1v) is 10.5. The fraction of sp³-hybridized carbons (Fsp3) is 0.120. The summed E-state index contributed by atoms with van der Waals surface area (Å²) in [5.74, 6) is 0.774. The van der Waals surface area contributed by atoms with Crippen LogP contribution in [0.4, 0.5) is 0 Å². The molecule has 0 N–H and O–H groups in total. The Morgan fingerprint density at radius 3 is 2.16 bits per heavy atom. The van der Waals surface area contributed by atoms with Gasteiger partial charge in [0.25, 0.3) is 0 Å². The molecular weight excluding hydrogens is 428 g/mol. The highest BCUT2D eigenvalue weighted by molar-refractivity contribution is 8.04. The third-order valence-corrected chi connectivity index (χ3v) is 5.98. The predicted octanol–water partition coefficient (Wildman–Crippen LogP) is 5.26. The Morgan fingerprint density at radius 1 is 0.844 bits per heavy atom. The Hall–Kier alpha value is -3.71. The first-order valence-electron chi connectivity index (χ1n) is 9.70. The van der Waals surface area contributed by atoms with Crippen LogP contribution in [0.25, 0.3) is 6.08 Å². The highest BCUT2D eigenvalue weighted by Gasteiger charge is 2.26. The number of benzene rings is 3. The molecule has 6 nitrogen and oxygen atoms in total. The topological polar surface area (TPSA) is 71.1 Å². The standard InChI is InChI=1S/C25H20O6S/c1-28-19-12-16(13-20(29-2)24(19)30-3)25(27)31-18-10-6-4-8-15(18)14-22-23(26)17-9-5-7-11-21(17)32-22/h4-14H,1-3H3/b22-14+. The van der Waals surface area contributed by atoms with Crippen LogP contribution in [0.1, 0.15) is 26.3 Å². The van der Waals surface area contributed by atoms with Gasteiger partial charge >= 0.3 is 5.97 Å². The van der Waals surface area contributed by atoms with E-state index >= 15 is 0 Å². The molecule has 1 aliphatic rings. The Balaban J connectivity index is 1.64. The quantitative estimate of drug-likeness (QED) is 0.289. The highest BCUT2D eigenvalue weighted by Crippen LogP contribution is 2.42. The molecule has 3 aromatic rings. The van der Waals surface area contributed by atoms with Gasteiger partial charge in [-0.05, 0) is 36.4 Å². The number of ether oxygens (including phenoxy) is 4. The van der Waals surface area contributed by atoms with E-state index in [0.29, 0.717) is 39.0 Å². The number of rotatable bonds is 6. The number of carbonyl (C=O) groups is 2. The zero-order valence-electron chi connectivity index (χ0n) is 17.7. The van der Waals surface area contributed by atoms with Crippen molar-refractivity contribution in [3.63, 3.8) is 0 Å². The fourth-order valence-corrected chi connectivity index (χ4v) is 4.37. The summed E-state index contributed by atoms with van der Waals surface area (Å²) in [5.41, 5.74) is 1.54. The maximum atomic E-state index is 12.9. The second-order valence-electron chi connectivity index (χ2n) is 6.78. The molecule has 4 rings (SSSR count). The number of Topliss-reactive ketones (excluding diaryl/α,β-unsaturated/α-hetero) is 1. The van der Waals surface area contributed by atoms with Gasteiger partial charge in [0.15, 0.2) is 11.5 Å². The van der Waals surface area contributed by atoms with Gasteiger partial charge in [-0.2, -0.15) is 0 Å². The van der Waals surface area contributed by atoms with Gasteiger partial charge in [0, 0.05) is 16.0 Å². The van der Waals surface area contributed by atoms with Crippen molar-refractivity contribution in [1.29, 1.82) is 0 Å². The molecule has 0 amide bonds. The summed E-state index contributed by atoms with van der Waals surface area (Å²) in [4.78, 5) is 27.1.